The molecular weight excluding hydrogens is 213 g/mol. The Kier molecular flexibility index (Phi) is 1.88. The lowest BCUT2D eigenvalue weighted by molar-refractivity contribution is -0.136. The lowest BCUT2D eigenvalue weighted by atomic mass is 10.1. The average Bonchev–Trinajstić information content (AvgIpc) is 2.46. The molecule has 0 fully saturated rings. The predicted molar refractivity (Wildman–Crippen MR) is 49.0 cm³/mol. The van der Waals surface area contributed by atoms with Crippen LogP contribution in [-0.2, 0) is 6.18 Å². The van der Waals surface area contributed by atoms with E-state index in [2.05, 4.69) is 4.37 Å². The third kappa shape index (κ3) is 1.31. The molecule has 74 valence electrons. The zero-order valence-corrected chi connectivity index (χ0v) is 7.62. The summed E-state index contributed by atoms with van der Waals surface area (Å²) in [6.07, 6.45) is -4.38. The molecule has 0 aliphatic heterocycles. The first-order chi connectivity index (χ1) is 6.50. The fraction of sp³-hybridized carbons (Fsp3) is 0.125. The smallest absolute Gasteiger partial charge is 0.382 e. The molecule has 2 aromatic rings. The summed E-state index contributed by atoms with van der Waals surface area (Å²) >= 11 is 0.969. The fourth-order valence-corrected chi connectivity index (χ4v) is 1.98. The first-order valence-corrected chi connectivity index (χ1v) is 4.48. The molecule has 0 amide bonds. The maximum atomic E-state index is 12.5. The van der Waals surface area contributed by atoms with Crippen molar-refractivity contribution in [1.29, 1.82) is 0 Å². The first kappa shape index (κ1) is 9.26. The third-order valence-electron chi connectivity index (χ3n) is 1.83. The Morgan fingerprint density at radius 2 is 2.00 bits per heavy atom. The van der Waals surface area contributed by atoms with Gasteiger partial charge in [0.1, 0.15) is 5.82 Å². The van der Waals surface area contributed by atoms with Crippen LogP contribution in [0.1, 0.15) is 5.56 Å². The summed E-state index contributed by atoms with van der Waals surface area (Å²) in [6.45, 7) is 0. The number of nitrogens with two attached hydrogens (primary N) is 1. The minimum absolute atomic E-state index is 0.00463. The van der Waals surface area contributed by atoms with E-state index in [4.69, 9.17) is 5.73 Å². The zero-order chi connectivity index (χ0) is 10.3. The second kappa shape index (κ2) is 2.84. The monoisotopic (exact) mass is 218 g/mol. The van der Waals surface area contributed by atoms with Crippen LogP contribution in [0.4, 0.5) is 19.0 Å². The van der Waals surface area contributed by atoms with Gasteiger partial charge in [0, 0.05) is 5.39 Å². The number of nitrogen functional groups attached to an aromatic ring is 1. The maximum absolute atomic E-state index is 12.5. The van der Waals surface area contributed by atoms with Crippen LogP contribution in [-0.4, -0.2) is 4.37 Å². The molecule has 0 saturated carbocycles. The van der Waals surface area contributed by atoms with Gasteiger partial charge in [0.15, 0.2) is 0 Å². The van der Waals surface area contributed by atoms with Crippen LogP contribution in [0.3, 0.4) is 0 Å². The normalized spacial score (nSPS) is 12.2. The van der Waals surface area contributed by atoms with Crippen LogP contribution in [0, 0.1) is 0 Å². The quantitative estimate of drug-likeness (QED) is 0.738. The lowest BCUT2D eigenvalue weighted by Gasteiger charge is -2.07. The summed E-state index contributed by atoms with van der Waals surface area (Å²) in [5.41, 5.74) is 4.65. The van der Waals surface area contributed by atoms with Crippen molar-refractivity contribution in [2.45, 2.75) is 6.18 Å². The van der Waals surface area contributed by atoms with E-state index in [-0.39, 0.29) is 11.2 Å². The summed E-state index contributed by atoms with van der Waals surface area (Å²) in [5.74, 6) is -0.0575. The van der Waals surface area contributed by atoms with Gasteiger partial charge < -0.3 is 5.73 Å². The second-order valence-corrected chi connectivity index (χ2v) is 3.55. The van der Waals surface area contributed by atoms with Gasteiger partial charge in [0.05, 0.1) is 10.3 Å². The number of halogens is 3. The van der Waals surface area contributed by atoms with Gasteiger partial charge in [-0.05, 0) is 23.7 Å². The summed E-state index contributed by atoms with van der Waals surface area (Å²) in [4.78, 5) is 0. The van der Waals surface area contributed by atoms with E-state index in [1.165, 1.54) is 6.07 Å². The van der Waals surface area contributed by atoms with E-state index in [0.717, 1.165) is 17.6 Å². The summed E-state index contributed by atoms with van der Waals surface area (Å²) in [5, 5.41) is 0.00463. The highest BCUT2D eigenvalue weighted by Crippen LogP contribution is 2.38. The number of anilines is 1. The van der Waals surface area contributed by atoms with Gasteiger partial charge in [-0.15, -0.1) is 0 Å². The Bertz CT molecular complexity index is 475. The predicted octanol–water partition coefficient (Wildman–Crippen LogP) is 2.90. The average molecular weight is 218 g/mol. The van der Waals surface area contributed by atoms with Crippen molar-refractivity contribution in [3.8, 4) is 0 Å². The molecule has 1 heterocycles. The van der Waals surface area contributed by atoms with Crippen LogP contribution >= 0.6 is 11.5 Å². The Morgan fingerprint density at radius 3 is 2.64 bits per heavy atom. The molecular formula is C8H5F3N2S. The first-order valence-electron chi connectivity index (χ1n) is 3.71. The number of alkyl halides is 3. The molecule has 1 aromatic heterocycles. The number of fused-ring (bicyclic) bond motifs is 1. The molecule has 14 heavy (non-hydrogen) atoms. The zero-order valence-electron chi connectivity index (χ0n) is 6.80. The number of hydrogen-bond donors (Lipinski definition) is 1. The molecule has 1 aromatic carbocycles. The van der Waals surface area contributed by atoms with Crippen molar-refractivity contribution in [3.05, 3.63) is 23.8 Å². The molecule has 0 unspecified atom stereocenters. The Morgan fingerprint density at radius 1 is 1.29 bits per heavy atom. The maximum Gasteiger partial charge on any atom is 0.417 e. The lowest BCUT2D eigenvalue weighted by Crippen LogP contribution is -2.05. The Balaban J connectivity index is 2.82. The standard InChI is InChI=1S/C8H5F3N2S/c9-8(10,11)4-2-1-3-5-6(4)7(12)13-14-5/h1-3H,(H2,12,13). The Hall–Kier alpha value is -1.30. The molecule has 0 aliphatic carbocycles. The van der Waals surface area contributed by atoms with Crippen molar-refractivity contribution in [3.63, 3.8) is 0 Å². The van der Waals surface area contributed by atoms with Crippen molar-refractivity contribution in [2.75, 3.05) is 5.73 Å². The van der Waals surface area contributed by atoms with E-state index in [1.54, 1.807) is 6.07 Å². The minimum Gasteiger partial charge on any atom is -0.382 e. The van der Waals surface area contributed by atoms with Gasteiger partial charge in [-0.1, -0.05) is 6.07 Å². The van der Waals surface area contributed by atoms with E-state index in [1.807, 2.05) is 0 Å². The molecule has 0 aliphatic rings. The van der Waals surface area contributed by atoms with Crippen LogP contribution < -0.4 is 5.73 Å². The van der Waals surface area contributed by atoms with Gasteiger partial charge in [0.25, 0.3) is 0 Å². The van der Waals surface area contributed by atoms with Crippen molar-refractivity contribution < 1.29 is 13.2 Å². The van der Waals surface area contributed by atoms with E-state index in [9.17, 15) is 13.2 Å². The van der Waals surface area contributed by atoms with E-state index in [0.29, 0.717) is 4.70 Å². The largest absolute Gasteiger partial charge is 0.417 e. The van der Waals surface area contributed by atoms with Crippen LogP contribution in [0.5, 0.6) is 0 Å². The summed E-state index contributed by atoms with van der Waals surface area (Å²) in [7, 11) is 0. The van der Waals surface area contributed by atoms with E-state index < -0.39 is 11.7 Å². The number of nitrogens with zero attached hydrogens (tertiary/aromatic N) is 1. The van der Waals surface area contributed by atoms with Gasteiger partial charge in [0.2, 0.25) is 0 Å². The summed E-state index contributed by atoms with van der Waals surface area (Å²) < 4.78 is 41.6. The van der Waals surface area contributed by atoms with Crippen molar-refractivity contribution >= 4 is 27.4 Å². The molecule has 6 heteroatoms. The van der Waals surface area contributed by atoms with Crippen LogP contribution in [0.25, 0.3) is 10.1 Å². The van der Waals surface area contributed by atoms with Gasteiger partial charge in [-0.2, -0.15) is 17.5 Å². The second-order valence-electron chi connectivity index (χ2n) is 2.74. The topological polar surface area (TPSA) is 38.9 Å². The fourth-order valence-electron chi connectivity index (χ4n) is 1.25. The highest BCUT2D eigenvalue weighted by molar-refractivity contribution is 7.13. The highest BCUT2D eigenvalue weighted by atomic mass is 32.1. The molecule has 0 saturated heterocycles. The van der Waals surface area contributed by atoms with Gasteiger partial charge in [-0.25, -0.2) is 0 Å². The van der Waals surface area contributed by atoms with Crippen LogP contribution in [0.15, 0.2) is 18.2 Å². The molecule has 0 radical (unpaired) electrons. The molecule has 0 bridgehead atoms. The molecule has 0 spiro atoms. The number of rotatable bonds is 0. The van der Waals surface area contributed by atoms with Crippen molar-refractivity contribution in [1.82, 2.24) is 4.37 Å². The van der Waals surface area contributed by atoms with E-state index >= 15 is 0 Å². The number of benzene rings is 1. The SMILES string of the molecule is Nc1nsc2cccc(C(F)(F)F)c12. The molecule has 0 atom stereocenters. The van der Waals surface area contributed by atoms with Gasteiger partial charge >= 0.3 is 6.18 Å². The molecule has 2 nitrogen and oxygen atoms in total. The third-order valence-corrected chi connectivity index (χ3v) is 2.65. The van der Waals surface area contributed by atoms with Crippen molar-refractivity contribution in [2.24, 2.45) is 0 Å². The van der Waals surface area contributed by atoms with Crippen LogP contribution in [0.2, 0.25) is 0 Å². The molecule has 2 rings (SSSR count). The highest BCUT2D eigenvalue weighted by Gasteiger charge is 2.33. The van der Waals surface area contributed by atoms with Gasteiger partial charge in [-0.3, -0.25) is 0 Å². The minimum atomic E-state index is -4.38. The summed E-state index contributed by atoms with van der Waals surface area (Å²) in [6, 6.07) is 3.93. The number of hydrogen-bond acceptors (Lipinski definition) is 3. The molecule has 2 N–H and O–H groups in total. The number of aromatic nitrogens is 1. The Labute approximate surface area is 81.3 Å².